The second-order valence-corrected chi connectivity index (χ2v) is 4.48. The van der Waals surface area contributed by atoms with Crippen molar-refractivity contribution >= 4 is 11.8 Å². The molecule has 0 radical (unpaired) electrons. The smallest absolute Gasteiger partial charge is 0.381 e. The molecule has 0 spiro atoms. The molecule has 1 saturated heterocycles. The molecule has 0 saturated carbocycles. The lowest BCUT2D eigenvalue weighted by molar-refractivity contribution is -0.146. The SMILES string of the molecule is CC(=O)C(=O)Oc1ncccc1C1CCCN1C. The first-order chi connectivity index (χ1) is 8.59. The fourth-order valence-corrected chi connectivity index (χ4v) is 2.21. The third-order valence-electron chi connectivity index (χ3n) is 3.16. The molecule has 1 aromatic heterocycles. The number of likely N-dealkylation sites (tertiary alicyclic amines) is 1. The number of hydrogen-bond acceptors (Lipinski definition) is 5. The lowest BCUT2D eigenvalue weighted by atomic mass is 10.1. The minimum absolute atomic E-state index is 0.202. The van der Waals surface area contributed by atoms with E-state index in [4.69, 9.17) is 4.74 Å². The zero-order valence-electron chi connectivity index (χ0n) is 10.5. The molecule has 5 heteroatoms. The number of carbonyl (C=O) groups is 2. The zero-order valence-corrected chi connectivity index (χ0v) is 10.5. The molecule has 0 aliphatic carbocycles. The third kappa shape index (κ3) is 2.56. The van der Waals surface area contributed by atoms with Gasteiger partial charge in [-0.2, -0.15) is 0 Å². The third-order valence-corrected chi connectivity index (χ3v) is 3.16. The summed E-state index contributed by atoms with van der Waals surface area (Å²) in [5.74, 6) is -1.24. The molecule has 1 unspecified atom stereocenters. The average molecular weight is 248 g/mol. The number of hydrogen-bond donors (Lipinski definition) is 0. The van der Waals surface area contributed by atoms with Crippen molar-refractivity contribution in [3.8, 4) is 5.88 Å². The Hall–Kier alpha value is -1.75. The Bertz CT molecular complexity index is 473. The maximum Gasteiger partial charge on any atom is 0.381 e. The Labute approximate surface area is 106 Å². The van der Waals surface area contributed by atoms with Crippen LogP contribution in [0.1, 0.15) is 31.4 Å². The minimum Gasteiger partial charge on any atom is -0.401 e. The molecule has 5 nitrogen and oxygen atoms in total. The van der Waals surface area contributed by atoms with E-state index in [9.17, 15) is 9.59 Å². The van der Waals surface area contributed by atoms with Crippen molar-refractivity contribution in [2.45, 2.75) is 25.8 Å². The van der Waals surface area contributed by atoms with Gasteiger partial charge in [0.2, 0.25) is 11.7 Å². The van der Waals surface area contributed by atoms with Gasteiger partial charge in [0, 0.05) is 24.7 Å². The Kier molecular flexibility index (Phi) is 3.72. The van der Waals surface area contributed by atoms with Crippen molar-refractivity contribution in [1.82, 2.24) is 9.88 Å². The highest BCUT2D eigenvalue weighted by Gasteiger charge is 2.27. The molecule has 0 aromatic carbocycles. The van der Waals surface area contributed by atoms with Crippen LogP contribution in [-0.4, -0.2) is 35.2 Å². The van der Waals surface area contributed by atoms with Crippen LogP contribution in [0.15, 0.2) is 18.3 Å². The van der Waals surface area contributed by atoms with Gasteiger partial charge in [-0.25, -0.2) is 9.78 Å². The average Bonchev–Trinajstić information content (AvgIpc) is 2.76. The monoisotopic (exact) mass is 248 g/mol. The summed E-state index contributed by atoms with van der Waals surface area (Å²) in [6, 6.07) is 3.91. The molecule has 1 aliphatic rings. The summed E-state index contributed by atoms with van der Waals surface area (Å²) in [5.41, 5.74) is 0.868. The normalized spacial score (nSPS) is 19.8. The topological polar surface area (TPSA) is 59.5 Å². The van der Waals surface area contributed by atoms with Crippen LogP contribution in [0.5, 0.6) is 5.88 Å². The summed E-state index contributed by atoms with van der Waals surface area (Å²) in [5, 5.41) is 0. The number of nitrogens with zero attached hydrogens (tertiary/aromatic N) is 2. The number of Topliss-reactive ketones (excluding diaryl/α,β-unsaturated/α-hetero) is 1. The van der Waals surface area contributed by atoms with Gasteiger partial charge in [-0.05, 0) is 32.5 Å². The molecule has 18 heavy (non-hydrogen) atoms. The second-order valence-electron chi connectivity index (χ2n) is 4.48. The molecule has 1 aromatic rings. The molecule has 1 atom stereocenters. The fourth-order valence-electron chi connectivity index (χ4n) is 2.21. The van der Waals surface area contributed by atoms with E-state index in [1.54, 1.807) is 6.20 Å². The zero-order chi connectivity index (χ0) is 13.1. The van der Waals surface area contributed by atoms with Crippen molar-refractivity contribution in [1.29, 1.82) is 0 Å². The number of ketones is 1. The summed E-state index contributed by atoms with van der Waals surface area (Å²) in [7, 11) is 2.03. The maximum atomic E-state index is 11.3. The van der Waals surface area contributed by atoms with Crippen molar-refractivity contribution in [2.75, 3.05) is 13.6 Å². The Balaban J connectivity index is 2.25. The Morgan fingerprint density at radius 1 is 1.50 bits per heavy atom. The number of aromatic nitrogens is 1. The summed E-state index contributed by atoms with van der Waals surface area (Å²) in [6.07, 6.45) is 3.67. The first-order valence-corrected chi connectivity index (χ1v) is 5.97. The van der Waals surface area contributed by atoms with Crippen LogP contribution in [0, 0.1) is 0 Å². The number of pyridine rings is 1. The highest BCUT2D eigenvalue weighted by atomic mass is 16.5. The van der Waals surface area contributed by atoms with Gasteiger partial charge in [0.25, 0.3) is 0 Å². The number of esters is 1. The molecular formula is C13H16N2O3. The van der Waals surface area contributed by atoms with Crippen LogP contribution >= 0.6 is 0 Å². The largest absolute Gasteiger partial charge is 0.401 e. The van der Waals surface area contributed by atoms with E-state index in [1.165, 1.54) is 6.92 Å². The van der Waals surface area contributed by atoms with Gasteiger partial charge < -0.3 is 4.74 Å². The van der Waals surface area contributed by atoms with Crippen molar-refractivity contribution in [3.05, 3.63) is 23.9 Å². The second kappa shape index (κ2) is 5.27. The van der Waals surface area contributed by atoms with Crippen LogP contribution in [0.3, 0.4) is 0 Å². The summed E-state index contributed by atoms with van der Waals surface area (Å²) < 4.78 is 5.04. The summed E-state index contributed by atoms with van der Waals surface area (Å²) in [6.45, 7) is 2.20. The van der Waals surface area contributed by atoms with Gasteiger partial charge in [-0.1, -0.05) is 6.07 Å². The Morgan fingerprint density at radius 3 is 2.89 bits per heavy atom. The van der Waals surface area contributed by atoms with E-state index in [1.807, 2.05) is 19.2 Å². The Morgan fingerprint density at radius 2 is 2.28 bits per heavy atom. The van der Waals surface area contributed by atoms with Crippen LogP contribution in [0.25, 0.3) is 0 Å². The standard InChI is InChI=1S/C13H16N2O3/c1-9(16)13(17)18-12-10(5-3-7-14-12)11-6-4-8-15(11)2/h3,5,7,11H,4,6,8H2,1-2H3. The quantitative estimate of drug-likeness (QED) is 0.597. The molecular weight excluding hydrogens is 232 g/mol. The molecule has 96 valence electrons. The first kappa shape index (κ1) is 12.7. The van der Waals surface area contributed by atoms with E-state index >= 15 is 0 Å². The van der Waals surface area contributed by atoms with E-state index in [-0.39, 0.29) is 11.9 Å². The van der Waals surface area contributed by atoms with Gasteiger partial charge in [0.15, 0.2) is 0 Å². The van der Waals surface area contributed by atoms with E-state index in [2.05, 4.69) is 9.88 Å². The van der Waals surface area contributed by atoms with Crippen molar-refractivity contribution < 1.29 is 14.3 Å². The lowest BCUT2D eigenvalue weighted by Gasteiger charge is -2.20. The highest BCUT2D eigenvalue weighted by molar-refractivity contribution is 6.33. The lowest BCUT2D eigenvalue weighted by Crippen LogP contribution is -2.22. The van der Waals surface area contributed by atoms with E-state index in [0.29, 0.717) is 0 Å². The number of ether oxygens (including phenoxy) is 1. The van der Waals surface area contributed by atoms with Crippen molar-refractivity contribution in [3.63, 3.8) is 0 Å². The summed E-state index contributed by atoms with van der Waals surface area (Å²) in [4.78, 5) is 28.5. The predicted octanol–water partition coefficient (Wildman–Crippen LogP) is 1.34. The first-order valence-electron chi connectivity index (χ1n) is 5.97. The molecule has 0 amide bonds. The van der Waals surface area contributed by atoms with Crippen molar-refractivity contribution in [2.24, 2.45) is 0 Å². The van der Waals surface area contributed by atoms with Gasteiger partial charge in [-0.3, -0.25) is 9.69 Å². The number of carbonyl (C=O) groups excluding carboxylic acids is 2. The molecule has 1 aliphatic heterocycles. The van der Waals surface area contributed by atoms with Crippen LogP contribution < -0.4 is 4.74 Å². The van der Waals surface area contributed by atoms with Gasteiger partial charge >= 0.3 is 5.97 Å². The van der Waals surface area contributed by atoms with E-state index in [0.717, 1.165) is 24.9 Å². The molecule has 1 fully saturated rings. The molecule has 0 N–H and O–H groups in total. The molecule has 2 rings (SSSR count). The molecule has 2 heterocycles. The maximum absolute atomic E-state index is 11.3. The van der Waals surface area contributed by atoms with Crippen LogP contribution in [0.2, 0.25) is 0 Å². The van der Waals surface area contributed by atoms with Crippen LogP contribution in [0.4, 0.5) is 0 Å². The van der Waals surface area contributed by atoms with Crippen LogP contribution in [-0.2, 0) is 9.59 Å². The predicted molar refractivity (Wildman–Crippen MR) is 65.2 cm³/mol. The van der Waals surface area contributed by atoms with Gasteiger partial charge in [0.1, 0.15) is 0 Å². The van der Waals surface area contributed by atoms with Gasteiger partial charge in [0.05, 0.1) is 0 Å². The molecule has 0 bridgehead atoms. The summed E-state index contributed by atoms with van der Waals surface area (Å²) >= 11 is 0. The number of rotatable bonds is 3. The minimum atomic E-state index is -0.865. The highest BCUT2D eigenvalue weighted by Crippen LogP contribution is 2.34. The van der Waals surface area contributed by atoms with E-state index < -0.39 is 11.8 Å². The fraction of sp³-hybridized carbons (Fsp3) is 0.462. The van der Waals surface area contributed by atoms with Gasteiger partial charge in [-0.15, -0.1) is 0 Å².